The van der Waals surface area contributed by atoms with Crippen LogP contribution in [-0.4, -0.2) is 90.1 Å². The molecule has 0 aromatic rings. The van der Waals surface area contributed by atoms with Crippen molar-refractivity contribution < 1.29 is 24.2 Å². The summed E-state index contributed by atoms with van der Waals surface area (Å²) in [6.45, 7) is 15.4. The Hall–Kier alpha value is -1.77. The predicted octanol–water partition coefficient (Wildman–Crippen LogP) is 3.57. The van der Waals surface area contributed by atoms with Gasteiger partial charge in [0.1, 0.15) is 11.9 Å². The molecule has 4 saturated carbocycles. The van der Waals surface area contributed by atoms with E-state index in [-0.39, 0.29) is 47.4 Å². The number of nitrogens with zero attached hydrogens (tertiary/aromatic N) is 2. The van der Waals surface area contributed by atoms with Crippen LogP contribution in [0.25, 0.3) is 0 Å². The predicted molar refractivity (Wildman–Crippen MR) is 158 cm³/mol. The van der Waals surface area contributed by atoms with Gasteiger partial charge in [0.05, 0.1) is 19.2 Å². The molecule has 8 atom stereocenters. The fraction of sp³-hybridized carbons (Fsp3) is 0.848. The monoisotopic (exact) mass is 571 g/mol. The highest BCUT2D eigenvalue weighted by Crippen LogP contribution is 2.70. The molecule has 0 radical (unpaired) electrons. The number of carbonyl (C=O) groups is 3. The average Bonchev–Trinajstić information content (AvgIpc) is 3.33. The van der Waals surface area contributed by atoms with Crippen molar-refractivity contribution in [1.82, 2.24) is 15.1 Å². The van der Waals surface area contributed by atoms with Crippen molar-refractivity contribution in [2.75, 3.05) is 39.3 Å². The van der Waals surface area contributed by atoms with Gasteiger partial charge in [0, 0.05) is 55.4 Å². The van der Waals surface area contributed by atoms with Crippen molar-refractivity contribution in [3.63, 3.8) is 0 Å². The van der Waals surface area contributed by atoms with Gasteiger partial charge in [0.2, 0.25) is 5.91 Å². The molecule has 1 heterocycles. The molecule has 1 aliphatic heterocycles. The maximum Gasteiger partial charge on any atom is 0.320 e. The zero-order valence-corrected chi connectivity index (χ0v) is 25.8. The average molecular weight is 572 g/mol. The van der Waals surface area contributed by atoms with Crippen LogP contribution in [0.3, 0.4) is 0 Å². The largest absolute Gasteiger partial charge is 0.460 e. The quantitative estimate of drug-likeness (QED) is 0.356. The minimum atomic E-state index is -0.878. The van der Waals surface area contributed by atoms with Crippen LogP contribution in [0.1, 0.15) is 85.5 Å². The van der Waals surface area contributed by atoms with Crippen molar-refractivity contribution in [3.05, 3.63) is 12.7 Å². The van der Waals surface area contributed by atoms with E-state index in [1.165, 1.54) is 19.3 Å². The van der Waals surface area contributed by atoms with Gasteiger partial charge in [-0.25, -0.2) is 0 Å². The lowest BCUT2D eigenvalue weighted by Gasteiger charge is -2.56. The zero-order chi connectivity index (χ0) is 29.6. The van der Waals surface area contributed by atoms with E-state index < -0.39 is 23.0 Å². The van der Waals surface area contributed by atoms with Gasteiger partial charge in [-0.15, -0.1) is 6.58 Å². The van der Waals surface area contributed by atoms with E-state index in [9.17, 15) is 19.5 Å². The molecule has 5 aliphatic rings. The van der Waals surface area contributed by atoms with Crippen LogP contribution in [0.4, 0.5) is 0 Å². The fourth-order valence-corrected chi connectivity index (χ4v) is 9.73. The van der Waals surface area contributed by atoms with E-state index >= 15 is 0 Å². The third-order valence-electron chi connectivity index (χ3n) is 12.5. The summed E-state index contributed by atoms with van der Waals surface area (Å²) in [5.41, 5.74) is -1.74. The third-order valence-corrected chi connectivity index (χ3v) is 12.5. The van der Waals surface area contributed by atoms with Crippen molar-refractivity contribution in [3.8, 4) is 0 Å². The topological polar surface area (TPSA) is 99.2 Å². The van der Waals surface area contributed by atoms with Crippen LogP contribution in [0.15, 0.2) is 12.7 Å². The molecule has 2 N–H and O–H groups in total. The normalized spacial score (nSPS) is 41.9. The number of aliphatic hydroxyl groups excluding tert-OH is 1. The summed E-state index contributed by atoms with van der Waals surface area (Å²) in [5, 5.41) is 15.3. The molecule has 0 aromatic heterocycles. The number of hydrogen-bond acceptors (Lipinski definition) is 7. The number of hydrogen-bond donors (Lipinski definition) is 2. The maximum absolute atomic E-state index is 13.6. The van der Waals surface area contributed by atoms with Crippen molar-refractivity contribution in [1.29, 1.82) is 0 Å². The Morgan fingerprint density at radius 1 is 1.07 bits per heavy atom. The molecule has 1 saturated heterocycles. The Morgan fingerprint density at radius 2 is 1.76 bits per heavy atom. The molecular weight excluding hydrogens is 518 g/mol. The number of Topliss-reactive ketones (excluding diaryl/α,β-unsaturated/α-hetero) is 1. The lowest BCUT2D eigenvalue weighted by molar-refractivity contribution is -0.188. The smallest absolute Gasteiger partial charge is 0.320 e. The Kier molecular flexibility index (Phi) is 8.77. The first-order valence-electron chi connectivity index (χ1n) is 16.2. The van der Waals surface area contributed by atoms with Gasteiger partial charge in [0.15, 0.2) is 0 Å². The minimum Gasteiger partial charge on any atom is -0.460 e. The third kappa shape index (κ3) is 5.20. The summed E-state index contributed by atoms with van der Waals surface area (Å²) in [6.07, 6.45) is 9.62. The molecule has 8 heteroatoms. The lowest BCUT2D eigenvalue weighted by atomic mass is 9.49. The number of ketones is 1. The van der Waals surface area contributed by atoms with Gasteiger partial charge >= 0.3 is 5.97 Å². The van der Waals surface area contributed by atoms with Gasteiger partial charge in [-0.1, -0.05) is 53.0 Å². The van der Waals surface area contributed by atoms with Crippen LogP contribution >= 0.6 is 0 Å². The molecule has 41 heavy (non-hydrogen) atoms. The molecular formula is C33H53N3O5. The van der Waals surface area contributed by atoms with Gasteiger partial charge in [-0.2, -0.15) is 0 Å². The Balaban J connectivity index is 1.25. The summed E-state index contributed by atoms with van der Waals surface area (Å²) in [7, 11) is 0. The van der Waals surface area contributed by atoms with Gasteiger partial charge < -0.3 is 20.1 Å². The number of rotatable bonds is 7. The van der Waals surface area contributed by atoms with Gasteiger partial charge in [0.25, 0.3) is 0 Å². The second-order valence-electron chi connectivity index (χ2n) is 14.5. The van der Waals surface area contributed by atoms with Crippen LogP contribution in [0.5, 0.6) is 0 Å². The van der Waals surface area contributed by atoms with E-state index in [4.69, 9.17) is 4.74 Å². The Labute approximate surface area is 246 Å². The molecule has 0 unspecified atom stereocenters. The highest BCUT2D eigenvalue weighted by Gasteiger charge is 2.71. The molecule has 0 aromatic carbocycles. The second kappa shape index (κ2) is 11.7. The molecule has 8 nitrogen and oxygen atoms in total. The second-order valence-corrected chi connectivity index (χ2v) is 14.5. The standard InChI is InChI=1S/C33H53N3O5/c1-6-31(4)29(40)23(3)33-14-12-22(2)32(5,28(33)25(37)13-15-33)30(31)41-27(39)21-35-16-18-36(19-17-35)26(38)20-34-24-10-8-7-9-11-24/h6,22-24,28-30,34,40H,1,7-21H2,2-5H3/t22-,23+,28-,29+,30+,31+,32-,33+/m1/s1. The molecule has 1 amide bonds. The summed E-state index contributed by atoms with van der Waals surface area (Å²) in [5.74, 6) is -0.126. The number of piperazine rings is 1. The molecule has 0 spiro atoms. The van der Waals surface area contributed by atoms with Crippen molar-refractivity contribution >= 4 is 17.7 Å². The fourth-order valence-electron chi connectivity index (χ4n) is 9.73. The van der Waals surface area contributed by atoms with Crippen LogP contribution in [0, 0.1) is 34.0 Å². The van der Waals surface area contributed by atoms with Crippen LogP contribution < -0.4 is 5.32 Å². The highest BCUT2D eigenvalue weighted by atomic mass is 16.5. The van der Waals surface area contributed by atoms with E-state index in [1.54, 1.807) is 6.08 Å². The first kappa shape index (κ1) is 30.7. The number of amides is 1. The lowest BCUT2D eigenvalue weighted by Crippen LogP contribution is -2.59. The Bertz CT molecular complexity index is 1020. The minimum absolute atomic E-state index is 0.101. The summed E-state index contributed by atoms with van der Waals surface area (Å²) >= 11 is 0. The van der Waals surface area contributed by atoms with Gasteiger partial charge in [-0.05, 0) is 49.4 Å². The summed E-state index contributed by atoms with van der Waals surface area (Å²) < 4.78 is 6.44. The number of ether oxygens (including phenoxy) is 1. The van der Waals surface area contributed by atoms with E-state index in [2.05, 4.69) is 37.6 Å². The van der Waals surface area contributed by atoms with Crippen LogP contribution in [-0.2, 0) is 19.1 Å². The van der Waals surface area contributed by atoms with Crippen molar-refractivity contribution in [2.24, 2.45) is 34.0 Å². The number of esters is 1. The van der Waals surface area contributed by atoms with E-state index in [0.29, 0.717) is 45.2 Å². The number of carbonyl (C=O) groups excluding carboxylic acids is 3. The number of aliphatic hydroxyl groups is 1. The molecule has 2 bridgehead atoms. The summed E-state index contributed by atoms with van der Waals surface area (Å²) in [4.78, 5) is 43.9. The number of nitrogens with one attached hydrogen (secondary N) is 1. The molecule has 230 valence electrons. The molecule has 4 aliphatic carbocycles. The van der Waals surface area contributed by atoms with E-state index in [1.807, 2.05) is 11.8 Å². The summed E-state index contributed by atoms with van der Waals surface area (Å²) in [6, 6.07) is 0.453. The molecule has 5 fully saturated rings. The SMILES string of the molecule is C=C[C@@]1(C)[C@@H](O)[C@H](C)[C@]23CCC(=O)[C@@H]2[C@@](C)([C@H](C)CC3)[C@H]1OC(=O)CN1CCN(C(=O)CNC2CCCCC2)CC1. The van der Waals surface area contributed by atoms with E-state index in [0.717, 1.165) is 32.1 Å². The maximum atomic E-state index is 13.6. The molecule has 5 rings (SSSR count). The zero-order valence-electron chi connectivity index (χ0n) is 25.8. The highest BCUT2D eigenvalue weighted by molar-refractivity contribution is 5.86. The van der Waals surface area contributed by atoms with Crippen LogP contribution in [0.2, 0.25) is 0 Å². The first-order chi connectivity index (χ1) is 19.5. The van der Waals surface area contributed by atoms with Crippen molar-refractivity contribution in [2.45, 2.75) is 104 Å². The Morgan fingerprint density at radius 3 is 2.41 bits per heavy atom. The first-order valence-corrected chi connectivity index (χ1v) is 16.2. The van der Waals surface area contributed by atoms with Gasteiger partial charge in [-0.3, -0.25) is 19.3 Å².